The molecule has 1 N–H and O–H groups in total. The second kappa shape index (κ2) is 8.17. The second-order valence-corrected chi connectivity index (χ2v) is 8.66. The lowest BCUT2D eigenvalue weighted by atomic mass is 10.0. The van der Waals surface area contributed by atoms with Gasteiger partial charge in [-0.1, -0.05) is 56.0 Å². The summed E-state index contributed by atoms with van der Waals surface area (Å²) in [6, 6.07) is 14.9. The molecule has 2 aliphatic heterocycles. The minimum absolute atomic E-state index is 0.0253. The number of hydrogen-bond acceptors (Lipinski definition) is 3. The summed E-state index contributed by atoms with van der Waals surface area (Å²) in [4.78, 5) is 42.6. The Balaban J connectivity index is 1.39. The highest BCUT2D eigenvalue weighted by atomic mass is 16.2. The predicted molar refractivity (Wildman–Crippen MR) is 118 cm³/mol. The fraction of sp³-hybridized carbons (Fsp3) is 0.400. The molecule has 2 heterocycles. The Morgan fingerprint density at radius 1 is 0.871 bits per heavy atom. The van der Waals surface area contributed by atoms with Crippen molar-refractivity contribution in [2.75, 3.05) is 11.4 Å². The first kappa shape index (κ1) is 19.8. The Morgan fingerprint density at radius 3 is 2.32 bits per heavy atom. The van der Waals surface area contributed by atoms with E-state index in [1.807, 2.05) is 36.4 Å². The van der Waals surface area contributed by atoms with E-state index in [1.165, 1.54) is 12.8 Å². The topological polar surface area (TPSA) is 69.7 Å². The lowest BCUT2D eigenvalue weighted by Crippen LogP contribution is -2.49. The Bertz CT molecular complexity index is 1030. The molecule has 0 spiro atoms. The molecule has 3 amide bonds. The molecule has 31 heavy (non-hydrogen) atoms. The summed E-state index contributed by atoms with van der Waals surface area (Å²) >= 11 is 0. The number of amides is 3. The Morgan fingerprint density at radius 2 is 1.55 bits per heavy atom. The number of carbonyl (C=O) groups is 3. The van der Waals surface area contributed by atoms with Gasteiger partial charge in [-0.3, -0.25) is 19.3 Å². The summed E-state index contributed by atoms with van der Waals surface area (Å²) in [6.07, 6.45) is 6.56. The maximum absolute atomic E-state index is 13.4. The Hall–Kier alpha value is -3.15. The van der Waals surface area contributed by atoms with Gasteiger partial charge in [0.2, 0.25) is 5.91 Å². The van der Waals surface area contributed by atoms with Crippen LogP contribution in [0.4, 0.5) is 5.69 Å². The highest BCUT2D eigenvalue weighted by Gasteiger charge is 2.47. The third-order valence-electron chi connectivity index (χ3n) is 6.68. The van der Waals surface area contributed by atoms with Gasteiger partial charge in [-0.25, -0.2) is 0 Å². The molecule has 3 aliphatic rings. The van der Waals surface area contributed by atoms with E-state index in [1.54, 1.807) is 21.9 Å². The average Bonchev–Trinajstić information content (AvgIpc) is 2.93. The van der Waals surface area contributed by atoms with Gasteiger partial charge in [0, 0.05) is 30.1 Å². The van der Waals surface area contributed by atoms with Crippen LogP contribution in [0.3, 0.4) is 0 Å². The quantitative estimate of drug-likeness (QED) is 0.764. The van der Waals surface area contributed by atoms with Gasteiger partial charge < -0.3 is 10.2 Å². The van der Waals surface area contributed by atoms with Crippen LogP contribution in [0.25, 0.3) is 0 Å². The van der Waals surface area contributed by atoms with Crippen molar-refractivity contribution in [3.05, 3.63) is 65.2 Å². The van der Waals surface area contributed by atoms with Crippen molar-refractivity contribution < 1.29 is 14.4 Å². The van der Waals surface area contributed by atoms with Gasteiger partial charge >= 0.3 is 0 Å². The number of benzene rings is 2. The smallest absolute Gasteiger partial charge is 0.260 e. The molecule has 0 saturated heterocycles. The number of nitrogens with zero attached hydrogens (tertiary/aromatic N) is 2. The van der Waals surface area contributed by atoms with Crippen LogP contribution < -0.4 is 10.2 Å². The minimum Gasteiger partial charge on any atom is -0.353 e. The predicted octanol–water partition coefficient (Wildman–Crippen LogP) is 4.03. The zero-order valence-corrected chi connectivity index (χ0v) is 17.5. The molecular formula is C25H27N3O3. The van der Waals surface area contributed by atoms with Crippen LogP contribution in [0, 0.1) is 0 Å². The van der Waals surface area contributed by atoms with Crippen molar-refractivity contribution in [3.8, 4) is 0 Å². The molecule has 1 atom stereocenters. The molecule has 1 unspecified atom stereocenters. The van der Waals surface area contributed by atoms with E-state index in [4.69, 9.17) is 0 Å². The zero-order valence-electron chi connectivity index (χ0n) is 17.5. The van der Waals surface area contributed by atoms with Crippen LogP contribution in [0.15, 0.2) is 48.5 Å². The molecule has 6 nitrogen and oxygen atoms in total. The first-order valence-electron chi connectivity index (χ1n) is 11.3. The van der Waals surface area contributed by atoms with E-state index in [-0.39, 0.29) is 36.7 Å². The standard InChI is InChI=1S/C25H27N3O3/c29-22(26-17-9-3-1-2-4-10-17)15-16-27-23-18-11-5-6-12-19(18)25(31)28(23)21-14-8-7-13-20(21)24(27)30/h5-8,11-14,17,23H,1-4,9-10,15-16H2,(H,26,29). The SMILES string of the molecule is O=C(CCN1C(=O)c2ccccc2N2C(=O)c3ccccc3C12)NC1CCCCCC1. The second-order valence-electron chi connectivity index (χ2n) is 8.66. The fourth-order valence-corrected chi connectivity index (χ4v) is 5.14. The summed E-state index contributed by atoms with van der Waals surface area (Å²) < 4.78 is 0. The van der Waals surface area contributed by atoms with Crippen molar-refractivity contribution in [3.63, 3.8) is 0 Å². The van der Waals surface area contributed by atoms with Gasteiger partial charge in [-0.05, 0) is 31.0 Å². The molecule has 0 bridgehead atoms. The number of carbonyl (C=O) groups excluding carboxylic acids is 3. The Kier molecular flexibility index (Phi) is 5.22. The molecule has 1 aliphatic carbocycles. The minimum atomic E-state index is -0.503. The molecule has 1 saturated carbocycles. The van der Waals surface area contributed by atoms with E-state index < -0.39 is 6.17 Å². The van der Waals surface area contributed by atoms with E-state index in [2.05, 4.69) is 5.32 Å². The lowest BCUT2D eigenvalue weighted by Gasteiger charge is -2.40. The lowest BCUT2D eigenvalue weighted by molar-refractivity contribution is -0.122. The summed E-state index contributed by atoms with van der Waals surface area (Å²) in [5.41, 5.74) is 2.58. The maximum Gasteiger partial charge on any atom is 0.260 e. The molecule has 5 rings (SSSR count). The van der Waals surface area contributed by atoms with Crippen molar-refractivity contribution >= 4 is 23.4 Å². The van der Waals surface area contributed by atoms with Crippen LogP contribution in [-0.2, 0) is 4.79 Å². The van der Waals surface area contributed by atoms with Crippen LogP contribution in [0.5, 0.6) is 0 Å². The summed E-state index contributed by atoms with van der Waals surface area (Å²) in [5, 5.41) is 3.16. The normalized spacial score (nSPS) is 20.7. The molecular weight excluding hydrogens is 390 g/mol. The highest BCUT2D eigenvalue weighted by molar-refractivity contribution is 6.16. The summed E-state index contributed by atoms with van der Waals surface area (Å²) in [5.74, 6) is -0.264. The van der Waals surface area contributed by atoms with Crippen LogP contribution in [0.2, 0.25) is 0 Å². The fourth-order valence-electron chi connectivity index (χ4n) is 5.14. The largest absolute Gasteiger partial charge is 0.353 e. The van der Waals surface area contributed by atoms with Crippen LogP contribution in [0.1, 0.15) is 77.4 Å². The van der Waals surface area contributed by atoms with Crippen molar-refractivity contribution in [2.24, 2.45) is 0 Å². The van der Waals surface area contributed by atoms with Crippen molar-refractivity contribution in [2.45, 2.75) is 57.2 Å². The number of para-hydroxylation sites is 1. The van der Waals surface area contributed by atoms with Gasteiger partial charge in [0.25, 0.3) is 11.8 Å². The van der Waals surface area contributed by atoms with E-state index in [9.17, 15) is 14.4 Å². The number of nitrogens with one attached hydrogen (secondary N) is 1. The molecule has 2 aromatic carbocycles. The maximum atomic E-state index is 13.4. The van der Waals surface area contributed by atoms with Gasteiger partial charge in [0.05, 0.1) is 11.3 Å². The van der Waals surface area contributed by atoms with E-state index >= 15 is 0 Å². The number of anilines is 1. The average molecular weight is 418 g/mol. The van der Waals surface area contributed by atoms with Crippen molar-refractivity contribution in [1.82, 2.24) is 10.2 Å². The molecule has 160 valence electrons. The molecule has 2 aromatic rings. The molecule has 6 heteroatoms. The zero-order chi connectivity index (χ0) is 21.4. The summed E-state index contributed by atoms with van der Waals surface area (Å²) in [6.45, 7) is 0.272. The Labute approximate surface area is 182 Å². The van der Waals surface area contributed by atoms with Crippen molar-refractivity contribution in [1.29, 1.82) is 0 Å². The summed E-state index contributed by atoms with van der Waals surface area (Å²) in [7, 11) is 0. The van der Waals surface area contributed by atoms with E-state index in [0.717, 1.165) is 31.2 Å². The molecule has 0 aromatic heterocycles. The van der Waals surface area contributed by atoms with Crippen LogP contribution >= 0.6 is 0 Å². The number of rotatable bonds is 4. The first-order chi connectivity index (χ1) is 15.1. The first-order valence-corrected chi connectivity index (χ1v) is 11.3. The third-order valence-corrected chi connectivity index (χ3v) is 6.68. The molecule has 1 fully saturated rings. The number of hydrogen-bond donors (Lipinski definition) is 1. The monoisotopic (exact) mass is 417 g/mol. The van der Waals surface area contributed by atoms with Crippen LogP contribution in [-0.4, -0.2) is 35.2 Å². The number of fused-ring (bicyclic) bond motifs is 5. The van der Waals surface area contributed by atoms with Gasteiger partial charge in [0.15, 0.2) is 0 Å². The van der Waals surface area contributed by atoms with Gasteiger partial charge in [-0.2, -0.15) is 0 Å². The van der Waals surface area contributed by atoms with E-state index in [0.29, 0.717) is 16.8 Å². The van der Waals surface area contributed by atoms with Gasteiger partial charge in [-0.15, -0.1) is 0 Å². The van der Waals surface area contributed by atoms with Gasteiger partial charge in [0.1, 0.15) is 6.17 Å². The third kappa shape index (κ3) is 3.50. The molecule has 0 radical (unpaired) electrons. The highest BCUT2D eigenvalue weighted by Crippen LogP contribution is 2.45.